The second-order valence-corrected chi connectivity index (χ2v) is 8.23. The van der Waals surface area contributed by atoms with Gasteiger partial charge in [0.05, 0.1) is 12.4 Å². The maximum atomic E-state index is 13.4. The maximum Gasteiger partial charge on any atom is 0.151 e. The van der Waals surface area contributed by atoms with Crippen molar-refractivity contribution in [1.29, 1.82) is 0 Å². The molecule has 6 heteroatoms. The Labute approximate surface area is 141 Å². The van der Waals surface area contributed by atoms with Crippen molar-refractivity contribution < 1.29 is 17.5 Å². The summed E-state index contributed by atoms with van der Waals surface area (Å²) < 4.78 is 41.9. The zero-order valence-electron chi connectivity index (χ0n) is 13.5. The van der Waals surface area contributed by atoms with Crippen molar-refractivity contribution in [3.8, 4) is 5.75 Å². The molecule has 1 heterocycles. The third-order valence-electron chi connectivity index (χ3n) is 3.97. The highest BCUT2D eigenvalue weighted by atomic mass is 32.2. The van der Waals surface area contributed by atoms with Crippen LogP contribution in [0, 0.1) is 5.82 Å². The van der Waals surface area contributed by atoms with Crippen molar-refractivity contribution in [3.63, 3.8) is 0 Å². The normalized spacial score (nSPS) is 13.4. The molecular formula is C18H20FNO3S. The summed E-state index contributed by atoms with van der Waals surface area (Å²) in [7, 11) is -3.22. The van der Waals surface area contributed by atoms with Crippen molar-refractivity contribution in [2.75, 3.05) is 24.7 Å². The van der Waals surface area contributed by atoms with Crippen molar-refractivity contribution in [2.24, 2.45) is 0 Å². The Morgan fingerprint density at radius 3 is 2.83 bits per heavy atom. The summed E-state index contributed by atoms with van der Waals surface area (Å²) in [6.07, 6.45) is 2.88. The van der Waals surface area contributed by atoms with Gasteiger partial charge in [-0.25, -0.2) is 12.8 Å². The third-order valence-corrected chi connectivity index (χ3v) is 4.80. The average Bonchev–Trinajstić information content (AvgIpc) is 2.95. The van der Waals surface area contributed by atoms with Crippen LogP contribution in [0.3, 0.4) is 0 Å². The van der Waals surface area contributed by atoms with E-state index >= 15 is 0 Å². The first-order chi connectivity index (χ1) is 11.4. The van der Waals surface area contributed by atoms with Crippen LogP contribution in [0.5, 0.6) is 5.75 Å². The molecule has 0 unspecified atom stereocenters. The first-order valence-electron chi connectivity index (χ1n) is 7.85. The fraction of sp³-hybridized carbons (Fsp3) is 0.333. The van der Waals surface area contributed by atoms with Gasteiger partial charge in [0.1, 0.15) is 11.6 Å². The molecule has 1 aliphatic rings. The van der Waals surface area contributed by atoms with E-state index in [9.17, 15) is 12.8 Å². The molecule has 2 aromatic carbocycles. The van der Waals surface area contributed by atoms with Crippen LogP contribution in [0.15, 0.2) is 36.4 Å². The lowest BCUT2D eigenvalue weighted by Gasteiger charge is -2.12. The molecule has 0 aliphatic carbocycles. The van der Waals surface area contributed by atoms with Crippen LogP contribution in [0.2, 0.25) is 0 Å². The SMILES string of the molecule is CS(=O)(=O)Cc1cc(F)ccc1NCCc1ccc2c(c1)CCO2. The van der Waals surface area contributed by atoms with Gasteiger partial charge in [-0.15, -0.1) is 0 Å². The molecule has 2 aromatic rings. The van der Waals surface area contributed by atoms with Gasteiger partial charge in [0.15, 0.2) is 9.84 Å². The molecule has 24 heavy (non-hydrogen) atoms. The van der Waals surface area contributed by atoms with Crippen LogP contribution in [-0.2, 0) is 28.4 Å². The molecule has 3 rings (SSSR count). The average molecular weight is 349 g/mol. The van der Waals surface area contributed by atoms with E-state index in [0.29, 0.717) is 17.8 Å². The highest BCUT2D eigenvalue weighted by Crippen LogP contribution is 2.26. The van der Waals surface area contributed by atoms with Gasteiger partial charge < -0.3 is 10.1 Å². The fourth-order valence-electron chi connectivity index (χ4n) is 2.87. The molecule has 0 saturated carbocycles. The van der Waals surface area contributed by atoms with Gasteiger partial charge >= 0.3 is 0 Å². The lowest BCUT2D eigenvalue weighted by Crippen LogP contribution is -2.10. The van der Waals surface area contributed by atoms with Gasteiger partial charge in [-0.2, -0.15) is 0 Å². The molecule has 0 aromatic heterocycles. The molecule has 0 radical (unpaired) electrons. The lowest BCUT2D eigenvalue weighted by atomic mass is 10.1. The number of benzene rings is 2. The van der Waals surface area contributed by atoms with Gasteiger partial charge in [0, 0.05) is 24.9 Å². The van der Waals surface area contributed by atoms with Crippen LogP contribution < -0.4 is 10.1 Å². The van der Waals surface area contributed by atoms with E-state index in [-0.39, 0.29) is 5.75 Å². The quantitative estimate of drug-likeness (QED) is 0.871. The van der Waals surface area contributed by atoms with Gasteiger partial charge in [-0.3, -0.25) is 0 Å². The molecule has 0 fully saturated rings. The Balaban J connectivity index is 1.66. The van der Waals surface area contributed by atoms with Crippen LogP contribution in [-0.4, -0.2) is 27.8 Å². The predicted molar refractivity (Wildman–Crippen MR) is 92.8 cm³/mol. The summed E-state index contributed by atoms with van der Waals surface area (Å²) in [5.41, 5.74) is 3.54. The largest absolute Gasteiger partial charge is 0.493 e. The fourth-order valence-corrected chi connectivity index (χ4v) is 3.68. The van der Waals surface area contributed by atoms with E-state index in [1.807, 2.05) is 12.1 Å². The number of fused-ring (bicyclic) bond motifs is 1. The number of nitrogens with one attached hydrogen (secondary N) is 1. The van der Waals surface area contributed by atoms with E-state index < -0.39 is 15.7 Å². The molecule has 1 aliphatic heterocycles. The summed E-state index contributed by atoms with van der Waals surface area (Å²) in [4.78, 5) is 0. The van der Waals surface area contributed by atoms with Gasteiger partial charge in [-0.05, 0) is 47.4 Å². The van der Waals surface area contributed by atoms with Crippen molar-refractivity contribution in [2.45, 2.75) is 18.6 Å². The van der Waals surface area contributed by atoms with E-state index in [4.69, 9.17) is 4.74 Å². The third kappa shape index (κ3) is 4.26. The van der Waals surface area contributed by atoms with Gasteiger partial charge in [0.25, 0.3) is 0 Å². The molecule has 0 saturated heterocycles. The standard InChI is InChI=1S/C18H20FNO3S/c1-24(21,22)12-15-11-16(19)3-4-17(15)20-8-6-13-2-5-18-14(10-13)7-9-23-18/h2-5,10-11,20H,6-9,12H2,1H3. The van der Waals surface area contributed by atoms with Gasteiger partial charge in [-0.1, -0.05) is 12.1 Å². The number of anilines is 1. The Bertz CT molecular complexity index is 849. The van der Waals surface area contributed by atoms with Gasteiger partial charge in [0.2, 0.25) is 0 Å². The molecule has 128 valence electrons. The molecule has 0 spiro atoms. The van der Waals surface area contributed by atoms with Crippen molar-refractivity contribution in [3.05, 3.63) is 58.9 Å². The number of halogens is 1. The zero-order chi connectivity index (χ0) is 17.2. The van der Waals surface area contributed by atoms with Crippen molar-refractivity contribution in [1.82, 2.24) is 0 Å². The predicted octanol–water partition coefficient (Wildman–Crippen LogP) is 2.96. The first kappa shape index (κ1) is 16.8. The molecule has 0 bridgehead atoms. The minimum absolute atomic E-state index is 0.177. The number of hydrogen-bond donors (Lipinski definition) is 1. The highest BCUT2D eigenvalue weighted by molar-refractivity contribution is 7.89. The number of sulfone groups is 1. The zero-order valence-corrected chi connectivity index (χ0v) is 14.3. The van der Waals surface area contributed by atoms with Crippen LogP contribution in [0.4, 0.5) is 10.1 Å². The summed E-state index contributed by atoms with van der Waals surface area (Å²) in [5, 5.41) is 3.22. The molecule has 1 N–H and O–H groups in total. The topological polar surface area (TPSA) is 55.4 Å². The summed E-state index contributed by atoms with van der Waals surface area (Å²) in [5.74, 6) is 0.349. The Morgan fingerprint density at radius 1 is 1.21 bits per heavy atom. The monoisotopic (exact) mass is 349 g/mol. The smallest absolute Gasteiger partial charge is 0.151 e. The summed E-state index contributed by atoms with van der Waals surface area (Å²) in [6, 6.07) is 10.4. The number of hydrogen-bond acceptors (Lipinski definition) is 4. The first-order valence-corrected chi connectivity index (χ1v) is 9.91. The lowest BCUT2D eigenvalue weighted by molar-refractivity contribution is 0.357. The Hall–Kier alpha value is -2.08. The number of ether oxygens (including phenoxy) is 1. The van der Waals surface area contributed by atoms with Crippen LogP contribution >= 0.6 is 0 Å². The number of rotatable bonds is 6. The van der Waals surface area contributed by atoms with E-state index in [1.165, 1.54) is 23.3 Å². The van der Waals surface area contributed by atoms with Crippen LogP contribution in [0.1, 0.15) is 16.7 Å². The molecular weight excluding hydrogens is 329 g/mol. The highest BCUT2D eigenvalue weighted by Gasteiger charge is 2.13. The Kier molecular flexibility index (Phi) is 4.76. The van der Waals surface area contributed by atoms with E-state index in [0.717, 1.165) is 31.5 Å². The molecule has 4 nitrogen and oxygen atoms in total. The van der Waals surface area contributed by atoms with Crippen molar-refractivity contribution >= 4 is 15.5 Å². The molecule has 0 atom stereocenters. The van der Waals surface area contributed by atoms with E-state index in [2.05, 4.69) is 11.4 Å². The van der Waals surface area contributed by atoms with Crippen LogP contribution in [0.25, 0.3) is 0 Å². The second kappa shape index (κ2) is 6.81. The minimum atomic E-state index is -3.22. The molecule has 0 amide bonds. The second-order valence-electron chi connectivity index (χ2n) is 6.09. The maximum absolute atomic E-state index is 13.4. The summed E-state index contributed by atoms with van der Waals surface area (Å²) in [6.45, 7) is 1.38. The Morgan fingerprint density at radius 2 is 2.04 bits per heavy atom. The van der Waals surface area contributed by atoms with E-state index in [1.54, 1.807) is 6.07 Å². The summed E-state index contributed by atoms with van der Waals surface area (Å²) >= 11 is 0. The minimum Gasteiger partial charge on any atom is -0.493 e.